The number of halogens is 7. The zero-order chi connectivity index (χ0) is 32.8. The minimum Gasteiger partial charge on any atom is -0.421 e. The van der Waals surface area contributed by atoms with Crippen LogP contribution in [0.3, 0.4) is 0 Å². The Balaban J connectivity index is -0.000000487. The number of hydrogen-bond donors (Lipinski definition) is 4. The molecule has 0 fully saturated rings. The Bertz CT molecular complexity index is 1010. The molecule has 14 nitrogen and oxygen atoms in total. The van der Waals surface area contributed by atoms with Crippen molar-refractivity contribution in [1.29, 1.82) is 5.26 Å². The van der Waals surface area contributed by atoms with Crippen molar-refractivity contribution in [2.24, 2.45) is 0 Å². The second-order valence-corrected chi connectivity index (χ2v) is 10.8. The lowest BCUT2D eigenvalue weighted by atomic mass is 10.6. The lowest BCUT2D eigenvalue weighted by molar-refractivity contribution is -0.0444. The van der Waals surface area contributed by atoms with E-state index in [-0.39, 0.29) is 26.4 Å². The number of aromatic nitrogens is 2. The summed E-state index contributed by atoms with van der Waals surface area (Å²) in [6.07, 6.45) is 9.03. The SMILES string of the molecule is CC#N.O=S(=O)([N-]S(=O)(=O)C(F)(F)F)C(F)(F)F.OCCBr.OCCN1C=CN(CCO)C1.OCCn1ccnc1. The summed E-state index contributed by atoms with van der Waals surface area (Å²) in [5, 5.41) is 41.4. The molecule has 0 saturated heterocycles. The maximum absolute atomic E-state index is 11.4. The number of aliphatic hydroxyl groups excluding tert-OH is 4. The van der Waals surface area contributed by atoms with Gasteiger partial charge >= 0.3 is 11.0 Å². The van der Waals surface area contributed by atoms with E-state index in [9.17, 15) is 43.2 Å². The standard InChI is InChI=1S/C7H14N2O2.C5H8N2O.C2H5BrO.C2F6NO4S2.C2H3N/c10-5-3-8-1-2-9(7-8)4-6-11;8-4-3-7-2-1-6-5-7;3-1-2-4;3-1(4,5)14(10,11)9-15(12,13)2(6,7)8;1-2-3/h1-2,10-11H,3-7H2;1-2,5,8H,3-4H2;4H,1-2H2;;1H3/q;;;-1;. The van der Waals surface area contributed by atoms with Crippen LogP contribution in [0, 0.1) is 11.3 Å². The molecule has 41 heavy (non-hydrogen) atoms. The first-order valence-corrected chi connectivity index (χ1v) is 14.6. The number of aliphatic hydroxyl groups is 4. The number of sulfonamides is 2. The third kappa shape index (κ3) is 21.2. The fraction of sp³-hybridized carbons (Fsp3) is 0.667. The maximum atomic E-state index is 11.4. The molecule has 23 heteroatoms. The van der Waals surface area contributed by atoms with Crippen molar-refractivity contribution >= 4 is 36.0 Å². The number of alkyl halides is 7. The van der Waals surface area contributed by atoms with Crippen LogP contribution in [0.15, 0.2) is 31.1 Å². The van der Waals surface area contributed by atoms with E-state index in [0.717, 1.165) is 10.8 Å². The zero-order valence-electron chi connectivity index (χ0n) is 21.3. The fourth-order valence-electron chi connectivity index (χ4n) is 1.81. The third-order valence-electron chi connectivity index (χ3n) is 3.41. The van der Waals surface area contributed by atoms with Crippen molar-refractivity contribution in [2.75, 3.05) is 51.5 Å². The monoisotopic (exact) mass is 715 g/mol. The van der Waals surface area contributed by atoms with Gasteiger partial charge in [0.05, 0.1) is 45.5 Å². The second-order valence-electron chi connectivity index (χ2n) is 6.59. The minimum absolute atomic E-state index is 0.177. The van der Waals surface area contributed by atoms with E-state index in [0.29, 0.717) is 25.0 Å². The average molecular weight is 716 g/mol. The normalized spacial score (nSPS) is 12.9. The molecule has 0 unspecified atom stereocenters. The van der Waals surface area contributed by atoms with Gasteiger partial charge in [0.15, 0.2) is 20.0 Å². The van der Waals surface area contributed by atoms with Crippen LogP contribution in [0.4, 0.5) is 26.3 Å². The van der Waals surface area contributed by atoms with E-state index in [4.69, 9.17) is 25.7 Å². The van der Waals surface area contributed by atoms with Gasteiger partial charge in [-0.05, 0) is 0 Å². The van der Waals surface area contributed by atoms with Crippen molar-refractivity contribution in [3.8, 4) is 6.07 Å². The van der Waals surface area contributed by atoms with Crippen LogP contribution in [0.2, 0.25) is 0 Å². The lowest BCUT2D eigenvalue weighted by Gasteiger charge is -2.22. The molecule has 0 amide bonds. The molecule has 0 atom stereocenters. The molecule has 1 aromatic heterocycles. The summed E-state index contributed by atoms with van der Waals surface area (Å²) < 4.78 is 111. The fourth-order valence-corrected chi connectivity index (χ4v) is 3.52. The summed E-state index contributed by atoms with van der Waals surface area (Å²) in [6, 6.07) is 1.75. The van der Waals surface area contributed by atoms with Crippen LogP contribution in [-0.4, -0.2) is 119 Å². The van der Waals surface area contributed by atoms with Crippen molar-refractivity contribution in [3.63, 3.8) is 0 Å². The van der Waals surface area contributed by atoms with Crippen LogP contribution >= 0.6 is 15.9 Å². The molecule has 0 aromatic carbocycles. The molecule has 2 heterocycles. The number of nitrogens with zero attached hydrogens (tertiary/aromatic N) is 6. The molecule has 0 aliphatic carbocycles. The number of rotatable bonds is 9. The van der Waals surface area contributed by atoms with Crippen LogP contribution < -0.4 is 0 Å². The van der Waals surface area contributed by atoms with Gasteiger partial charge in [-0.25, -0.2) is 21.8 Å². The number of imidazole rings is 1. The van der Waals surface area contributed by atoms with Crippen molar-refractivity contribution in [1.82, 2.24) is 19.4 Å². The zero-order valence-corrected chi connectivity index (χ0v) is 24.5. The van der Waals surface area contributed by atoms with Gasteiger partial charge in [-0.2, -0.15) is 31.6 Å². The molecule has 242 valence electrons. The van der Waals surface area contributed by atoms with Crippen molar-refractivity contribution in [2.45, 2.75) is 24.5 Å². The summed E-state index contributed by atoms with van der Waals surface area (Å²) in [7, 11) is -13.4. The molecule has 0 bridgehead atoms. The van der Waals surface area contributed by atoms with E-state index in [1.54, 1.807) is 18.6 Å². The highest BCUT2D eigenvalue weighted by molar-refractivity contribution is 9.09. The first-order chi connectivity index (χ1) is 18.8. The molecule has 1 aromatic rings. The Morgan fingerprint density at radius 2 is 1.24 bits per heavy atom. The molecule has 4 N–H and O–H groups in total. The van der Waals surface area contributed by atoms with E-state index >= 15 is 0 Å². The highest BCUT2D eigenvalue weighted by Crippen LogP contribution is 2.36. The number of hydrogen-bond acceptors (Lipinski definition) is 12. The van der Waals surface area contributed by atoms with Gasteiger partial charge < -0.3 is 38.9 Å². The largest absolute Gasteiger partial charge is 0.480 e. The van der Waals surface area contributed by atoms with E-state index in [1.165, 1.54) is 6.92 Å². The van der Waals surface area contributed by atoms with Gasteiger partial charge in [0.2, 0.25) is 0 Å². The molecular formula is C18H30BrF6N6O8S2-. The summed E-state index contributed by atoms with van der Waals surface area (Å²) in [5.74, 6) is 0. The molecule has 1 aliphatic heterocycles. The first kappa shape index (κ1) is 43.3. The van der Waals surface area contributed by atoms with Gasteiger partial charge in [0, 0.05) is 56.7 Å². The summed E-state index contributed by atoms with van der Waals surface area (Å²) in [4.78, 5) is 7.78. The number of nitriles is 1. The van der Waals surface area contributed by atoms with Gasteiger partial charge in [-0.3, -0.25) is 0 Å². The smallest absolute Gasteiger partial charge is 0.421 e. The number of β-amino-alcohol motifs (C(OH)–C–C–N with tert-alkyl or cyclic N) is 2. The van der Waals surface area contributed by atoms with Crippen molar-refractivity contribution < 1.29 is 63.6 Å². The second kappa shape index (κ2) is 22.4. The van der Waals surface area contributed by atoms with Crippen LogP contribution in [0.1, 0.15) is 6.92 Å². The molecule has 0 saturated carbocycles. The lowest BCUT2D eigenvalue weighted by Crippen LogP contribution is -2.30. The highest BCUT2D eigenvalue weighted by Gasteiger charge is 2.46. The summed E-state index contributed by atoms with van der Waals surface area (Å²) in [6.45, 7) is 4.95. The molecular weight excluding hydrogens is 686 g/mol. The van der Waals surface area contributed by atoms with E-state index in [1.807, 2.05) is 33.0 Å². The summed E-state index contributed by atoms with van der Waals surface area (Å²) >= 11 is 3.00. The molecule has 0 radical (unpaired) electrons. The van der Waals surface area contributed by atoms with Crippen LogP contribution in [0.25, 0.3) is 4.13 Å². The predicted octanol–water partition coefficient (Wildman–Crippen LogP) is 0.855. The maximum Gasteiger partial charge on any atom is 0.480 e. The quantitative estimate of drug-likeness (QED) is 0.207. The topological polar surface area (TPSA) is 211 Å². The van der Waals surface area contributed by atoms with Gasteiger partial charge in [-0.15, -0.1) is 0 Å². The van der Waals surface area contributed by atoms with E-state index in [2.05, 4.69) is 20.9 Å². The van der Waals surface area contributed by atoms with E-state index < -0.39 is 31.1 Å². The predicted molar refractivity (Wildman–Crippen MR) is 136 cm³/mol. The van der Waals surface area contributed by atoms with Crippen LogP contribution in [0.5, 0.6) is 0 Å². The van der Waals surface area contributed by atoms with Crippen molar-refractivity contribution in [3.05, 3.63) is 35.2 Å². The van der Waals surface area contributed by atoms with Gasteiger partial charge in [-0.1, -0.05) is 15.9 Å². The Morgan fingerprint density at radius 3 is 1.49 bits per heavy atom. The highest BCUT2D eigenvalue weighted by atomic mass is 79.9. The Labute approximate surface area is 241 Å². The minimum atomic E-state index is -6.72. The van der Waals surface area contributed by atoms with Gasteiger partial charge in [0.25, 0.3) is 0 Å². The molecule has 2 rings (SSSR count). The Hall–Kier alpha value is -2.20. The Morgan fingerprint density at radius 1 is 0.878 bits per heavy atom. The molecule has 0 spiro atoms. The third-order valence-corrected chi connectivity index (χ3v) is 6.50. The average Bonchev–Trinajstić information content (AvgIpc) is 3.52. The van der Waals surface area contributed by atoms with Gasteiger partial charge in [0.1, 0.15) is 0 Å². The molecule has 1 aliphatic rings. The first-order valence-electron chi connectivity index (χ1n) is 10.6. The Kier molecular flexibility index (Phi) is 23.6. The summed E-state index contributed by atoms with van der Waals surface area (Å²) in [5.41, 5.74) is -12.4. The van der Waals surface area contributed by atoms with Crippen LogP contribution in [-0.2, 0) is 26.6 Å².